The fraction of sp³-hybridized carbons (Fsp3) is 0.500. The lowest BCUT2D eigenvalue weighted by molar-refractivity contribution is 0.0751. The Morgan fingerprint density at radius 1 is 1.39 bits per heavy atom. The smallest absolute Gasteiger partial charge is 0.268 e. The second-order valence-electron chi connectivity index (χ2n) is 4.19. The van der Waals surface area contributed by atoms with Crippen LogP contribution in [0, 0.1) is 0 Å². The molecule has 1 amide bonds. The predicted octanol–water partition coefficient (Wildman–Crippen LogP) is 2.37. The van der Waals surface area contributed by atoms with Gasteiger partial charge in [0, 0.05) is 17.7 Å². The number of ether oxygens (including phenoxy) is 1. The molecular weight excluding hydrogens is 228 g/mol. The normalized spacial score (nSPS) is 10.2. The number of hydrogen-bond donors (Lipinski definition) is 1. The maximum absolute atomic E-state index is 12.2. The Morgan fingerprint density at radius 3 is 2.67 bits per heavy atom. The summed E-state index contributed by atoms with van der Waals surface area (Å²) in [6.07, 6.45) is 2.67. The van der Waals surface area contributed by atoms with Crippen LogP contribution in [0.5, 0.6) is 5.75 Å². The summed E-state index contributed by atoms with van der Waals surface area (Å²) >= 11 is 0. The SMILES string of the molecule is CCCCN(N)C(=O)c1cccc(OC)c1CC. The molecule has 1 rings (SSSR count). The van der Waals surface area contributed by atoms with Crippen LogP contribution in [-0.4, -0.2) is 24.6 Å². The lowest BCUT2D eigenvalue weighted by Crippen LogP contribution is -2.38. The van der Waals surface area contributed by atoms with Gasteiger partial charge in [-0.15, -0.1) is 0 Å². The van der Waals surface area contributed by atoms with Crippen molar-refractivity contribution in [1.82, 2.24) is 5.01 Å². The predicted molar refractivity (Wildman–Crippen MR) is 72.5 cm³/mol. The summed E-state index contributed by atoms with van der Waals surface area (Å²) in [4.78, 5) is 12.2. The lowest BCUT2D eigenvalue weighted by Gasteiger charge is -2.19. The highest BCUT2D eigenvalue weighted by molar-refractivity contribution is 5.96. The fourth-order valence-electron chi connectivity index (χ4n) is 1.91. The van der Waals surface area contributed by atoms with Gasteiger partial charge < -0.3 is 4.74 Å². The number of rotatable bonds is 6. The number of amides is 1. The van der Waals surface area contributed by atoms with Crippen molar-refractivity contribution in [3.8, 4) is 5.75 Å². The first-order chi connectivity index (χ1) is 8.65. The molecule has 0 aromatic heterocycles. The van der Waals surface area contributed by atoms with Crippen molar-refractivity contribution in [2.24, 2.45) is 5.84 Å². The third-order valence-electron chi connectivity index (χ3n) is 2.95. The van der Waals surface area contributed by atoms with Crippen molar-refractivity contribution in [3.05, 3.63) is 29.3 Å². The molecule has 0 aliphatic heterocycles. The van der Waals surface area contributed by atoms with E-state index < -0.39 is 0 Å². The second-order valence-corrected chi connectivity index (χ2v) is 4.19. The number of hydrazine groups is 1. The van der Waals surface area contributed by atoms with E-state index in [0.717, 1.165) is 30.6 Å². The molecule has 0 radical (unpaired) electrons. The molecule has 0 aliphatic carbocycles. The molecule has 0 bridgehead atoms. The molecule has 0 spiro atoms. The zero-order valence-electron chi connectivity index (χ0n) is 11.4. The van der Waals surface area contributed by atoms with Crippen LogP contribution in [0.3, 0.4) is 0 Å². The molecule has 0 unspecified atom stereocenters. The van der Waals surface area contributed by atoms with Crippen LogP contribution in [0.25, 0.3) is 0 Å². The molecule has 1 aromatic rings. The van der Waals surface area contributed by atoms with Crippen molar-refractivity contribution in [2.75, 3.05) is 13.7 Å². The van der Waals surface area contributed by atoms with Crippen molar-refractivity contribution < 1.29 is 9.53 Å². The minimum absolute atomic E-state index is 0.140. The second kappa shape index (κ2) is 7.01. The third kappa shape index (κ3) is 3.23. The monoisotopic (exact) mass is 250 g/mol. The van der Waals surface area contributed by atoms with Crippen molar-refractivity contribution in [3.63, 3.8) is 0 Å². The van der Waals surface area contributed by atoms with Gasteiger partial charge in [-0.3, -0.25) is 9.80 Å². The van der Waals surface area contributed by atoms with Crippen LogP contribution in [-0.2, 0) is 6.42 Å². The topological polar surface area (TPSA) is 55.6 Å². The Morgan fingerprint density at radius 2 is 2.11 bits per heavy atom. The van der Waals surface area contributed by atoms with Crippen LogP contribution in [0.1, 0.15) is 42.6 Å². The van der Waals surface area contributed by atoms with Gasteiger partial charge in [-0.05, 0) is 25.0 Å². The standard InChI is InChI=1S/C14H22N2O2/c1-4-6-10-16(15)14(17)12-8-7-9-13(18-3)11(12)5-2/h7-9H,4-6,10,15H2,1-3H3. The van der Waals surface area contributed by atoms with E-state index >= 15 is 0 Å². The number of benzene rings is 1. The average molecular weight is 250 g/mol. The first kappa shape index (κ1) is 14.5. The maximum Gasteiger partial charge on any atom is 0.268 e. The van der Waals surface area contributed by atoms with Gasteiger partial charge in [0.15, 0.2) is 0 Å². The van der Waals surface area contributed by atoms with Gasteiger partial charge in [-0.1, -0.05) is 26.3 Å². The van der Waals surface area contributed by atoms with E-state index in [2.05, 4.69) is 6.92 Å². The first-order valence-electron chi connectivity index (χ1n) is 6.38. The largest absolute Gasteiger partial charge is 0.496 e. The van der Waals surface area contributed by atoms with Gasteiger partial charge in [-0.2, -0.15) is 0 Å². The molecule has 4 nitrogen and oxygen atoms in total. The minimum Gasteiger partial charge on any atom is -0.496 e. The van der Waals surface area contributed by atoms with E-state index in [9.17, 15) is 4.79 Å². The molecule has 1 aromatic carbocycles. The van der Waals surface area contributed by atoms with Crippen molar-refractivity contribution >= 4 is 5.91 Å². The highest BCUT2D eigenvalue weighted by atomic mass is 16.5. The Bertz CT molecular complexity index is 405. The minimum atomic E-state index is -0.140. The molecule has 0 aliphatic rings. The van der Waals surface area contributed by atoms with E-state index in [4.69, 9.17) is 10.6 Å². The molecule has 0 fully saturated rings. The average Bonchev–Trinajstić information content (AvgIpc) is 2.42. The van der Waals surface area contributed by atoms with Gasteiger partial charge >= 0.3 is 0 Å². The van der Waals surface area contributed by atoms with Gasteiger partial charge in [0.05, 0.1) is 7.11 Å². The first-order valence-corrected chi connectivity index (χ1v) is 6.38. The number of nitrogens with zero attached hydrogens (tertiary/aromatic N) is 1. The lowest BCUT2D eigenvalue weighted by atomic mass is 10.0. The summed E-state index contributed by atoms with van der Waals surface area (Å²) in [5.41, 5.74) is 1.55. The summed E-state index contributed by atoms with van der Waals surface area (Å²) < 4.78 is 5.28. The van der Waals surface area contributed by atoms with Crippen LogP contribution >= 0.6 is 0 Å². The van der Waals surface area contributed by atoms with Crippen molar-refractivity contribution in [2.45, 2.75) is 33.1 Å². The third-order valence-corrected chi connectivity index (χ3v) is 2.95. The number of nitrogens with two attached hydrogens (primary N) is 1. The molecule has 0 saturated heterocycles. The number of unbranched alkanes of at least 4 members (excludes halogenated alkanes) is 1. The summed E-state index contributed by atoms with van der Waals surface area (Å²) in [5.74, 6) is 6.40. The Labute approximate surface area is 109 Å². The van der Waals surface area contributed by atoms with E-state index in [1.807, 2.05) is 19.1 Å². The molecule has 0 saturated carbocycles. The molecule has 0 atom stereocenters. The van der Waals surface area contributed by atoms with E-state index in [0.29, 0.717) is 12.1 Å². The summed E-state index contributed by atoms with van der Waals surface area (Å²) in [6.45, 7) is 4.65. The fourth-order valence-corrected chi connectivity index (χ4v) is 1.91. The zero-order chi connectivity index (χ0) is 13.5. The molecule has 100 valence electrons. The van der Waals surface area contributed by atoms with Crippen LogP contribution < -0.4 is 10.6 Å². The van der Waals surface area contributed by atoms with Gasteiger partial charge in [0.25, 0.3) is 5.91 Å². The Balaban J connectivity index is 2.97. The molecule has 0 heterocycles. The van der Waals surface area contributed by atoms with Crippen LogP contribution in [0.15, 0.2) is 18.2 Å². The number of hydrogen-bond acceptors (Lipinski definition) is 3. The molecular formula is C14H22N2O2. The molecule has 4 heteroatoms. The highest BCUT2D eigenvalue weighted by Crippen LogP contribution is 2.23. The summed E-state index contributed by atoms with van der Waals surface area (Å²) in [7, 11) is 1.61. The van der Waals surface area contributed by atoms with Gasteiger partial charge in [0.1, 0.15) is 5.75 Å². The van der Waals surface area contributed by atoms with E-state index in [-0.39, 0.29) is 5.91 Å². The Hall–Kier alpha value is -1.55. The number of carbonyl (C=O) groups is 1. The Kier molecular flexibility index (Phi) is 5.65. The van der Waals surface area contributed by atoms with E-state index in [1.165, 1.54) is 5.01 Å². The van der Waals surface area contributed by atoms with E-state index in [1.54, 1.807) is 13.2 Å². The zero-order valence-corrected chi connectivity index (χ0v) is 11.4. The highest BCUT2D eigenvalue weighted by Gasteiger charge is 2.17. The molecule has 18 heavy (non-hydrogen) atoms. The van der Waals surface area contributed by atoms with Crippen LogP contribution in [0.4, 0.5) is 0 Å². The van der Waals surface area contributed by atoms with Gasteiger partial charge in [-0.25, -0.2) is 5.84 Å². The van der Waals surface area contributed by atoms with Gasteiger partial charge in [0.2, 0.25) is 0 Å². The number of methoxy groups -OCH3 is 1. The maximum atomic E-state index is 12.2. The van der Waals surface area contributed by atoms with Crippen LogP contribution in [0.2, 0.25) is 0 Å². The quantitative estimate of drug-likeness (QED) is 0.479. The number of carbonyl (C=O) groups excluding carboxylic acids is 1. The summed E-state index contributed by atoms with van der Waals surface area (Å²) in [5, 5.41) is 1.29. The van der Waals surface area contributed by atoms with Crippen molar-refractivity contribution in [1.29, 1.82) is 0 Å². The molecule has 2 N–H and O–H groups in total. The summed E-state index contributed by atoms with van der Waals surface area (Å²) in [6, 6.07) is 5.48.